The van der Waals surface area contributed by atoms with Gasteiger partial charge in [-0.05, 0) is 86.8 Å². The Balaban J connectivity index is 1.46. The Morgan fingerprint density at radius 3 is 2.55 bits per heavy atom. The Hall–Kier alpha value is -4.02. The molecule has 9 nitrogen and oxygen atoms in total. The Kier molecular flexibility index (Phi) is 10.8. The summed E-state index contributed by atoms with van der Waals surface area (Å²) in [5.74, 6) is -0.147. The highest BCUT2D eigenvalue weighted by atomic mass is 32.2. The van der Waals surface area contributed by atoms with Crippen LogP contribution >= 0.6 is 0 Å². The molecule has 10 heteroatoms. The number of aromatic nitrogens is 3. The number of carbonyl (C=O) groups is 1. The van der Waals surface area contributed by atoms with Crippen molar-refractivity contribution in [1.29, 1.82) is 0 Å². The van der Waals surface area contributed by atoms with Crippen LogP contribution in [0.1, 0.15) is 80.8 Å². The first-order valence-corrected chi connectivity index (χ1v) is 17.9. The fourth-order valence-electron chi connectivity index (χ4n) is 6.15. The molecule has 0 N–H and O–H groups in total. The van der Waals surface area contributed by atoms with Gasteiger partial charge in [0.2, 0.25) is 10.0 Å². The first-order valence-electron chi connectivity index (χ1n) is 16.5. The summed E-state index contributed by atoms with van der Waals surface area (Å²) in [5, 5.41) is 8.64. The lowest BCUT2D eigenvalue weighted by Gasteiger charge is -2.33. The predicted octanol–water partition coefficient (Wildman–Crippen LogP) is 6.84. The van der Waals surface area contributed by atoms with Gasteiger partial charge in [0.1, 0.15) is 23.4 Å². The van der Waals surface area contributed by atoms with Gasteiger partial charge in [-0.25, -0.2) is 8.42 Å². The molecule has 0 saturated heterocycles. The highest BCUT2D eigenvalue weighted by Crippen LogP contribution is 2.41. The van der Waals surface area contributed by atoms with E-state index in [1.54, 1.807) is 24.3 Å². The van der Waals surface area contributed by atoms with E-state index in [2.05, 4.69) is 23.3 Å². The molecule has 3 aromatic carbocycles. The van der Waals surface area contributed by atoms with E-state index >= 15 is 0 Å². The van der Waals surface area contributed by atoms with Crippen molar-refractivity contribution in [3.63, 3.8) is 0 Å². The van der Waals surface area contributed by atoms with Crippen molar-refractivity contribution in [2.75, 3.05) is 6.54 Å². The van der Waals surface area contributed by atoms with Crippen LogP contribution in [0.2, 0.25) is 0 Å². The maximum absolute atomic E-state index is 13.9. The van der Waals surface area contributed by atoms with Crippen LogP contribution < -0.4 is 4.74 Å². The van der Waals surface area contributed by atoms with Gasteiger partial charge in [-0.15, -0.1) is 5.10 Å². The van der Waals surface area contributed by atoms with Crippen LogP contribution in [0.3, 0.4) is 0 Å². The second-order valence-corrected chi connectivity index (χ2v) is 14.8. The molecule has 2 heterocycles. The summed E-state index contributed by atoms with van der Waals surface area (Å²) in [6.07, 6.45) is 4.58. The van der Waals surface area contributed by atoms with E-state index in [0.717, 1.165) is 40.9 Å². The molecule has 0 spiro atoms. The molecule has 47 heavy (non-hydrogen) atoms. The number of ether oxygens (including phenoxy) is 2. The Morgan fingerprint density at radius 2 is 1.81 bits per heavy atom. The summed E-state index contributed by atoms with van der Waals surface area (Å²) in [4.78, 5) is 14.0. The number of nitrogens with zero attached hydrogens (tertiary/aromatic N) is 4. The number of hydrogen-bond acceptors (Lipinski definition) is 7. The van der Waals surface area contributed by atoms with Gasteiger partial charge in [-0.1, -0.05) is 79.7 Å². The molecule has 0 unspecified atom stereocenters. The summed E-state index contributed by atoms with van der Waals surface area (Å²) in [5.41, 5.74) is 3.70. The van der Waals surface area contributed by atoms with Gasteiger partial charge in [0, 0.05) is 19.3 Å². The summed E-state index contributed by atoms with van der Waals surface area (Å²) in [6.45, 7) is 11.4. The first kappa shape index (κ1) is 34.3. The number of para-hydroxylation sites is 1. The Labute approximate surface area is 279 Å². The van der Waals surface area contributed by atoms with Gasteiger partial charge < -0.3 is 9.47 Å². The SMILES string of the molecule is CCCn1cc(CC[C@H](c2ccc(C)c(CN3C[C@@H](CC)Oc4ccccc4S3(=O)=O)c2)C(C)(C)C(=O)OCc2ccccc2)nn1. The minimum Gasteiger partial charge on any atom is -0.488 e. The third-order valence-electron chi connectivity index (χ3n) is 9.08. The molecule has 0 aliphatic carbocycles. The molecule has 2 atom stereocenters. The lowest BCUT2D eigenvalue weighted by atomic mass is 9.72. The van der Waals surface area contributed by atoms with Gasteiger partial charge in [0.15, 0.2) is 0 Å². The van der Waals surface area contributed by atoms with Gasteiger partial charge in [-0.2, -0.15) is 4.31 Å². The van der Waals surface area contributed by atoms with Crippen LogP contribution in [-0.2, 0) is 45.7 Å². The number of esters is 1. The van der Waals surface area contributed by atoms with E-state index in [1.165, 1.54) is 4.31 Å². The van der Waals surface area contributed by atoms with E-state index in [4.69, 9.17) is 9.47 Å². The lowest BCUT2D eigenvalue weighted by Crippen LogP contribution is -2.37. The first-order chi connectivity index (χ1) is 22.5. The largest absolute Gasteiger partial charge is 0.488 e. The minimum atomic E-state index is -3.82. The van der Waals surface area contributed by atoms with E-state index in [0.29, 0.717) is 25.0 Å². The molecule has 1 aliphatic heterocycles. The highest BCUT2D eigenvalue weighted by molar-refractivity contribution is 7.89. The monoisotopic (exact) mass is 658 g/mol. The van der Waals surface area contributed by atoms with Crippen molar-refractivity contribution in [2.45, 2.75) is 96.9 Å². The molecule has 250 valence electrons. The lowest BCUT2D eigenvalue weighted by molar-refractivity contribution is -0.157. The van der Waals surface area contributed by atoms with Crippen molar-refractivity contribution < 1.29 is 22.7 Å². The predicted molar refractivity (Wildman–Crippen MR) is 181 cm³/mol. The highest BCUT2D eigenvalue weighted by Gasteiger charge is 2.40. The second-order valence-electron chi connectivity index (χ2n) is 12.9. The quantitative estimate of drug-likeness (QED) is 0.145. The average molecular weight is 659 g/mol. The molecule has 0 fully saturated rings. The normalized spacial score (nSPS) is 16.9. The zero-order valence-electron chi connectivity index (χ0n) is 28.1. The van der Waals surface area contributed by atoms with Crippen molar-refractivity contribution in [3.8, 4) is 5.75 Å². The van der Waals surface area contributed by atoms with Crippen LogP contribution in [0, 0.1) is 12.3 Å². The second kappa shape index (κ2) is 14.8. The van der Waals surface area contributed by atoms with Crippen LogP contribution in [0.5, 0.6) is 5.75 Å². The Morgan fingerprint density at radius 1 is 1.06 bits per heavy atom. The van der Waals surface area contributed by atoms with Gasteiger partial charge in [0.05, 0.1) is 17.7 Å². The van der Waals surface area contributed by atoms with Gasteiger partial charge in [-0.3, -0.25) is 9.48 Å². The number of benzene rings is 3. The van der Waals surface area contributed by atoms with Crippen LogP contribution in [0.15, 0.2) is 83.9 Å². The van der Waals surface area contributed by atoms with Crippen molar-refractivity contribution in [1.82, 2.24) is 19.3 Å². The number of hydrogen-bond donors (Lipinski definition) is 0. The topological polar surface area (TPSA) is 104 Å². The van der Waals surface area contributed by atoms with E-state index < -0.39 is 15.4 Å². The van der Waals surface area contributed by atoms with Gasteiger partial charge >= 0.3 is 5.97 Å². The molecule has 0 bridgehead atoms. The fraction of sp³-hybridized carbons (Fsp3) is 0.432. The fourth-order valence-corrected chi connectivity index (χ4v) is 7.72. The number of carbonyl (C=O) groups excluding carboxylic acids is 1. The molecule has 4 aromatic rings. The molecule has 1 aliphatic rings. The van der Waals surface area contributed by atoms with Crippen LogP contribution in [0.25, 0.3) is 0 Å². The minimum absolute atomic E-state index is 0.182. The molecule has 0 saturated carbocycles. The van der Waals surface area contributed by atoms with Crippen molar-refractivity contribution in [3.05, 3.63) is 107 Å². The van der Waals surface area contributed by atoms with E-state index in [-0.39, 0.29) is 42.6 Å². The zero-order valence-corrected chi connectivity index (χ0v) is 28.9. The standard InChI is InChI=1S/C37H46N4O5S/c1-6-21-40-24-31(38-39-40)19-20-33(37(4,5)36(42)45-26-28-13-9-8-10-14-28)29-18-17-27(3)30(22-29)23-41-25-32(7-2)46-34-15-11-12-16-35(34)47(41,43)44/h8-18,22,24,32-33H,6-7,19-21,23,25-26H2,1-5H3/t32-,33-/m1/s1. The van der Waals surface area contributed by atoms with Gasteiger partial charge in [0.25, 0.3) is 0 Å². The number of rotatable bonds is 13. The van der Waals surface area contributed by atoms with Crippen molar-refractivity contribution in [2.24, 2.45) is 5.41 Å². The summed E-state index contributed by atoms with van der Waals surface area (Å²) in [7, 11) is -3.82. The molecule has 1 aromatic heterocycles. The molecular weight excluding hydrogens is 612 g/mol. The summed E-state index contributed by atoms with van der Waals surface area (Å²) in [6, 6.07) is 22.6. The smallest absolute Gasteiger partial charge is 0.312 e. The molecule has 0 amide bonds. The number of aryl methyl sites for hydroxylation is 3. The third-order valence-corrected chi connectivity index (χ3v) is 10.9. The average Bonchev–Trinajstić information content (AvgIpc) is 3.47. The Bertz CT molecular complexity index is 1770. The summed E-state index contributed by atoms with van der Waals surface area (Å²) >= 11 is 0. The van der Waals surface area contributed by atoms with Crippen molar-refractivity contribution >= 4 is 16.0 Å². The molecular formula is C37H46N4O5S. The van der Waals surface area contributed by atoms with E-state index in [1.807, 2.05) is 81.0 Å². The maximum Gasteiger partial charge on any atom is 0.312 e. The molecule has 5 rings (SSSR count). The van der Waals surface area contributed by atoms with Crippen LogP contribution in [0.4, 0.5) is 0 Å². The molecule has 0 radical (unpaired) electrons. The number of sulfonamides is 1. The zero-order chi connectivity index (χ0) is 33.6. The summed E-state index contributed by atoms with van der Waals surface area (Å²) < 4.78 is 43.3. The van der Waals surface area contributed by atoms with Crippen LogP contribution in [-0.4, -0.2) is 46.3 Å². The maximum atomic E-state index is 13.9. The number of fused-ring (bicyclic) bond motifs is 1. The third kappa shape index (κ3) is 7.93. The van der Waals surface area contributed by atoms with E-state index in [9.17, 15) is 13.2 Å².